The van der Waals surface area contributed by atoms with Crippen molar-refractivity contribution in [3.05, 3.63) is 72.2 Å². The molecule has 8 nitrogen and oxygen atoms in total. The molecule has 0 saturated carbocycles. The van der Waals surface area contributed by atoms with E-state index in [1.54, 1.807) is 0 Å². The predicted octanol–water partition coefficient (Wildman–Crippen LogP) is 3.79. The van der Waals surface area contributed by atoms with Gasteiger partial charge in [-0.2, -0.15) is 4.31 Å². The van der Waals surface area contributed by atoms with Gasteiger partial charge in [0, 0.05) is 12.1 Å². The number of alkyl halides is 3. The van der Waals surface area contributed by atoms with Gasteiger partial charge in [0.1, 0.15) is 18.2 Å². The molecular formula is C23H19F5N4O4S. The van der Waals surface area contributed by atoms with E-state index in [-0.39, 0.29) is 35.7 Å². The van der Waals surface area contributed by atoms with Gasteiger partial charge in [-0.3, -0.25) is 4.79 Å². The Bertz CT molecular complexity index is 1400. The lowest BCUT2D eigenvalue weighted by molar-refractivity contribution is -0.275. The first-order valence-electron chi connectivity index (χ1n) is 10.9. The van der Waals surface area contributed by atoms with Crippen LogP contribution in [0, 0.1) is 11.6 Å². The lowest BCUT2D eigenvalue weighted by Crippen LogP contribution is -2.45. The van der Waals surface area contributed by atoms with Crippen molar-refractivity contribution in [2.24, 2.45) is 0 Å². The molecule has 196 valence electrons. The molecule has 1 atom stereocenters. The minimum atomic E-state index is -5.05. The smallest absolute Gasteiger partial charge is 0.403 e. The van der Waals surface area contributed by atoms with Crippen LogP contribution in [0.25, 0.3) is 11.3 Å². The molecule has 1 fully saturated rings. The summed E-state index contributed by atoms with van der Waals surface area (Å²) in [7, 11) is -4.03. The lowest BCUT2D eigenvalue weighted by atomic mass is 10.1. The molecule has 2 heterocycles. The number of nitrogens with one attached hydrogen (secondary N) is 1. The van der Waals surface area contributed by atoms with Gasteiger partial charge < -0.3 is 10.1 Å². The monoisotopic (exact) mass is 542 g/mol. The van der Waals surface area contributed by atoms with Crippen LogP contribution in [0.4, 0.5) is 22.0 Å². The highest BCUT2D eigenvalue weighted by molar-refractivity contribution is 7.89. The maximum atomic E-state index is 14.1. The number of nitrogens with zero attached hydrogens (tertiary/aromatic N) is 3. The molecule has 0 spiro atoms. The fraction of sp³-hybridized carbons (Fsp3) is 0.261. The van der Waals surface area contributed by atoms with Crippen molar-refractivity contribution < 1.29 is 39.9 Å². The number of aromatic nitrogens is 2. The van der Waals surface area contributed by atoms with Gasteiger partial charge in [0.2, 0.25) is 15.9 Å². The molecule has 1 saturated heterocycles. The highest BCUT2D eigenvalue weighted by atomic mass is 32.2. The van der Waals surface area contributed by atoms with Gasteiger partial charge >= 0.3 is 6.36 Å². The van der Waals surface area contributed by atoms with E-state index in [0.717, 1.165) is 47.0 Å². The molecule has 0 radical (unpaired) electrons. The number of ether oxygens (including phenoxy) is 1. The summed E-state index contributed by atoms with van der Waals surface area (Å²) in [6.45, 7) is 0.00209. The molecule has 3 aromatic rings. The maximum absolute atomic E-state index is 14.1. The summed E-state index contributed by atoms with van der Waals surface area (Å²) in [5.41, 5.74) is 0.618. The predicted molar refractivity (Wildman–Crippen MR) is 119 cm³/mol. The number of amides is 1. The summed E-state index contributed by atoms with van der Waals surface area (Å²) in [6.07, 6.45) is -3.17. The quantitative estimate of drug-likeness (QED) is 0.456. The summed E-state index contributed by atoms with van der Waals surface area (Å²) >= 11 is 0. The molecule has 37 heavy (non-hydrogen) atoms. The van der Waals surface area contributed by atoms with E-state index in [1.165, 1.54) is 12.1 Å². The summed E-state index contributed by atoms with van der Waals surface area (Å²) in [5, 5.41) is 2.61. The van der Waals surface area contributed by atoms with E-state index < -0.39 is 45.7 Å². The van der Waals surface area contributed by atoms with E-state index in [1.807, 2.05) is 0 Å². The molecule has 2 aromatic carbocycles. The zero-order chi connectivity index (χ0) is 26.8. The second-order valence-electron chi connectivity index (χ2n) is 8.03. The first kappa shape index (κ1) is 26.4. The first-order valence-corrected chi connectivity index (χ1v) is 12.3. The average Bonchev–Trinajstić information content (AvgIpc) is 3.35. The number of rotatable bonds is 7. The topological polar surface area (TPSA) is 101 Å². The third kappa shape index (κ3) is 6.20. The maximum Gasteiger partial charge on any atom is 0.573 e. The van der Waals surface area contributed by atoms with Gasteiger partial charge in [-0.1, -0.05) is 0 Å². The fourth-order valence-electron chi connectivity index (χ4n) is 3.85. The normalized spacial score (nSPS) is 16.5. The average molecular weight is 542 g/mol. The minimum absolute atomic E-state index is 0.118. The van der Waals surface area contributed by atoms with E-state index in [9.17, 15) is 35.2 Å². The lowest BCUT2D eigenvalue weighted by Gasteiger charge is -2.23. The van der Waals surface area contributed by atoms with E-state index >= 15 is 0 Å². The molecule has 1 N–H and O–H groups in total. The number of carbonyl (C=O) groups is 1. The number of sulfonamides is 1. The number of hydrogen-bond donors (Lipinski definition) is 1. The summed E-state index contributed by atoms with van der Waals surface area (Å²) in [6, 6.07) is 7.55. The zero-order valence-electron chi connectivity index (χ0n) is 18.9. The van der Waals surface area contributed by atoms with Crippen LogP contribution in [0.15, 0.2) is 59.8 Å². The standard InChI is InChI=1S/C23H19F5N4O4S/c24-15-4-6-17(7-5-15)37(34,35)32-9-1-2-20(32)22(33)29-12-16-11-19(31-13-30-16)14-3-8-21(18(25)10-14)36-23(26,27)28/h3-8,10-11,13,20H,1-2,9,12H2,(H,29,33). The first-order chi connectivity index (χ1) is 17.4. The SMILES string of the molecule is O=C(NCc1cc(-c2ccc(OC(F)(F)F)c(F)c2)ncn1)C1CCCN1S(=O)(=O)c1ccc(F)cc1. The molecule has 1 aliphatic rings. The Morgan fingerprint density at radius 1 is 1.08 bits per heavy atom. The van der Waals surface area contributed by atoms with Crippen LogP contribution in [-0.2, 0) is 21.4 Å². The van der Waals surface area contributed by atoms with Crippen LogP contribution < -0.4 is 10.1 Å². The van der Waals surface area contributed by atoms with Crippen molar-refractivity contribution in [1.29, 1.82) is 0 Å². The van der Waals surface area contributed by atoms with Gasteiger partial charge in [0.05, 0.1) is 22.8 Å². The van der Waals surface area contributed by atoms with Crippen LogP contribution in [0.3, 0.4) is 0 Å². The Balaban J connectivity index is 1.44. The van der Waals surface area contributed by atoms with Gasteiger partial charge in [0.25, 0.3) is 0 Å². The van der Waals surface area contributed by atoms with Crippen LogP contribution in [0.2, 0.25) is 0 Å². The van der Waals surface area contributed by atoms with Crippen molar-refractivity contribution in [1.82, 2.24) is 19.6 Å². The largest absolute Gasteiger partial charge is 0.573 e. The van der Waals surface area contributed by atoms with Crippen LogP contribution >= 0.6 is 0 Å². The number of benzene rings is 2. The van der Waals surface area contributed by atoms with Crippen molar-refractivity contribution in [2.45, 2.75) is 36.7 Å². The van der Waals surface area contributed by atoms with Crippen LogP contribution in [-0.4, -0.2) is 47.5 Å². The Morgan fingerprint density at radius 2 is 1.81 bits per heavy atom. The molecule has 4 rings (SSSR count). The molecule has 1 aromatic heterocycles. The molecule has 14 heteroatoms. The number of carbonyl (C=O) groups excluding carboxylic acids is 1. The minimum Gasteiger partial charge on any atom is -0.403 e. The summed E-state index contributed by atoms with van der Waals surface area (Å²) < 4.78 is 94.9. The van der Waals surface area contributed by atoms with Crippen LogP contribution in [0.1, 0.15) is 18.5 Å². The molecule has 0 aliphatic carbocycles. The second-order valence-corrected chi connectivity index (χ2v) is 9.92. The van der Waals surface area contributed by atoms with Gasteiger partial charge in [-0.25, -0.2) is 27.2 Å². The molecule has 1 aliphatic heterocycles. The zero-order valence-corrected chi connectivity index (χ0v) is 19.7. The molecule has 1 unspecified atom stereocenters. The fourth-order valence-corrected chi connectivity index (χ4v) is 5.50. The van der Waals surface area contributed by atoms with Gasteiger partial charge in [0.15, 0.2) is 11.6 Å². The Morgan fingerprint density at radius 3 is 2.49 bits per heavy atom. The van der Waals surface area contributed by atoms with Crippen molar-refractivity contribution in [3.63, 3.8) is 0 Å². The van der Waals surface area contributed by atoms with Gasteiger partial charge in [-0.15, -0.1) is 13.2 Å². The molecule has 0 bridgehead atoms. The van der Waals surface area contributed by atoms with Crippen LogP contribution in [0.5, 0.6) is 5.75 Å². The third-order valence-electron chi connectivity index (χ3n) is 5.55. The second kappa shape index (κ2) is 10.4. The number of halogens is 5. The highest BCUT2D eigenvalue weighted by Gasteiger charge is 2.39. The van der Waals surface area contributed by atoms with E-state index in [4.69, 9.17) is 0 Å². The van der Waals surface area contributed by atoms with Crippen molar-refractivity contribution >= 4 is 15.9 Å². The van der Waals surface area contributed by atoms with Gasteiger partial charge in [-0.05, 0) is 61.4 Å². The summed E-state index contributed by atoms with van der Waals surface area (Å²) in [5.74, 6) is -3.39. The third-order valence-corrected chi connectivity index (χ3v) is 7.47. The molecule has 1 amide bonds. The Hall–Kier alpha value is -3.65. The highest BCUT2D eigenvalue weighted by Crippen LogP contribution is 2.29. The summed E-state index contributed by atoms with van der Waals surface area (Å²) in [4.78, 5) is 20.7. The van der Waals surface area contributed by atoms with Crippen molar-refractivity contribution in [2.75, 3.05) is 6.54 Å². The Labute approximate surface area is 208 Å². The van der Waals surface area contributed by atoms with E-state index in [0.29, 0.717) is 12.1 Å². The number of hydrogen-bond acceptors (Lipinski definition) is 6. The molecular weight excluding hydrogens is 523 g/mol. The van der Waals surface area contributed by atoms with E-state index in [2.05, 4.69) is 20.0 Å². The van der Waals surface area contributed by atoms with Crippen molar-refractivity contribution in [3.8, 4) is 17.0 Å². The Kier molecular flexibility index (Phi) is 7.41.